The Morgan fingerprint density at radius 3 is 1.29 bits per heavy atom. The third-order valence-corrected chi connectivity index (χ3v) is 9.29. The van der Waals surface area contributed by atoms with Gasteiger partial charge in [0.05, 0.1) is 39.6 Å². The topological polar surface area (TPSA) is 228 Å². The quantitative estimate of drug-likeness (QED) is 0.0444. The maximum absolute atomic E-state index is 12.3. The molecule has 6 N–H and O–H groups in total. The largest absolute Gasteiger partial charge is 0.481 e. The summed E-state index contributed by atoms with van der Waals surface area (Å²) in [5, 5.41) is 28.8. The van der Waals surface area contributed by atoms with Crippen molar-refractivity contribution in [3.05, 3.63) is 0 Å². The van der Waals surface area contributed by atoms with Crippen molar-refractivity contribution in [2.24, 2.45) is 0 Å². The Labute approximate surface area is 347 Å². The van der Waals surface area contributed by atoms with Crippen molar-refractivity contribution in [1.29, 1.82) is 0 Å². The number of hydrogen-bond donors (Lipinski definition) is 6. The number of aliphatic carboxylic acids is 2. The summed E-state index contributed by atoms with van der Waals surface area (Å²) in [7, 11) is 0. The fourth-order valence-electron chi connectivity index (χ4n) is 5.92. The van der Waals surface area contributed by atoms with E-state index in [1.807, 2.05) is 0 Å². The van der Waals surface area contributed by atoms with Crippen LogP contribution in [0.5, 0.6) is 0 Å². The van der Waals surface area contributed by atoms with Crippen LogP contribution < -0.4 is 21.3 Å². The van der Waals surface area contributed by atoms with Gasteiger partial charge in [-0.1, -0.05) is 110 Å². The van der Waals surface area contributed by atoms with Gasteiger partial charge < -0.3 is 50.4 Å². The van der Waals surface area contributed by atoms with E-state index in [9.17, 15) is 33.9 Å². The van der Waals surface area contributed by atoms with Gasteiger partial charge in [-0.3, -0.25) is 24.0 Å². The molecule has 16 heteroatoms. The highest BCUT2D eigenvalue weighted by Gasteiger charge is 2.20. The van der Waals surface area contributed by atoms with Gasteiger partial charge in [0.15, 0.2) is 0 Å². The average Bonchev–Trinajstić information content (AvgIpc) is 3.19. The molecular formula is C42H78N4O12. The SMILES string of the molecule is CCCCCNC(=O)COCCOCCNC(=O)COCCOCCNC(=O)CCC(NC(=O)CCCCCCCCCCCCCCCCCCC(=O)O)C(=O)O. The lowest BCUT2D eigenvalue weighted by molar-refractivity contribution is -0.142. The first-order valence-electron chi connectivity index (χ1n) is 22.0. The van der Waals surface area contributed by atoms with Crippen LogP contribution in [0.2, 0.25) is 0 Å². The molecule has 58 heavy (non-hydrogen) atoms. The van der Waals surface area contributed by atoms with Crippen molar-refractivity contribution in [3.63, 3.8) is 0 Å². The highest BCUT2D eigenvalue weighted by atomic mass is 16.5. The number of nitrogens with one attached hydrogen (secondary N) is 4. The normalized spacial score (nSPS) is 11.5. The van der Waals surface area contributed by atoms with E-state index < -0.39 is 18.0 Å². The fraction of sp³-hybridized carbons (Fsp3) is 0.857. The van der Waals surface area contributed by atoms with Gasteiger partial charge in [-0.2, -0.15) is 0 Å². The molecular weight excluding hydrogens is 752 g/mol. The van der Waals surface area contributed by atoms with Gasteiger partial charge in [-0.15, -0.1) is 0 Å². The van der Waals surface area contributed by atoms with E-state index in [0.29, 0.717) is 32.7 Å². The monoisotopic (exact) mass is 831 g/mol. The second-order valence-corrected chi connectivity index (χ2v) is 14.6. The van der Waals surface area contributed by atoms with Crippen LogP contribution in [0.3, 0.4) is 0 Å². The Hall–Kier alpha value is -3.34. The molecule has 0 radical (unpaired) electrons. The number of rotatable bonds is 44. The molecule has 0 saturated carbocycles. The third-order valence-electron chi connectivity index (χ3n) is 9.29. The third kappa shape index (κ3) is 40.8. The van der Waals surface area contributed by atoms with Gasteiger partial charge in [0.2, 0.25) is 23.6 Å². The van der Waals surface area contributed by atoms with E-state index >= 15 is 0 Å². The minimum atomic E-state index is -1.17. The van der Waals surface area contributed by atoms with Crippen LogP contribution in [0, 0.1) is 0 Å². The standard InChI is InChI=1S/C42H78N4O12/c1-2-3-20-25-43-39(49)34-57-32-31-56-29-27-45-40(50)35-58-33-30-55-28-26-44-37(47)24-23-36(42(53)54)46-38(48)21-18-16-14-12-10-8-6-4-5-7-9-11-13-15-17-19-22-41(51)52/h36H,2-35H2,1H3,(H,43,49)(H,44,47)(H,45,50)(H,46,48)(H,51,52)(H,53,54). The van der Waals surface area contributed by atoms with E-state index in [1.54, 1.807) is 0 Å². The molecule has 0 aromatic heterocycles. The Bertz CT molecular complexity index is 1070. The zero-order valence-corrected chi connectivity index (χ0v) is 35.6. The molecule has 0 aliphatic heterocycles. The first-order chi connectivity index (χ1) is 28.1. The highest BCUT2D eigenvalue weighted by molar-refractivity contribution is 5.84. The summed E-state index contributed by atoms with van der Waals surface area (Å²) >= 11 is 0. The summed E-state index contributed by atoms with van der Waals surface area (Å²) in [5.74, 6) is -2.98. The summed E-state index contributed by atoms with van der Waals surface area (Å²) in [6, 6.07) is -1.13. The zero-order chi connectivity index (χ0) is 42.7. The number of unbranched alkanes of at least 4 members (excludes halogenated alkanes) is 17. The lowest BCUT2D eigenvalue weighted by Crippen LogP contribution is -2.41. The maximum atomic E-state index is 12.3. The van der Waals surface area contributed by atoms with Gasteiger partial charge >= 0.3 is 11.9 Å². The zero-order valence-electron chi connectivity index (χ0n) is 35.6. The molecule has 16 nitrogen and oxygen atoms in total. The van der Waals surface area contributed by atoms with E-state index in [2.05, 4.69) is 28.2 Å². The predicted octanol–water partition coefficient (Wildman–Crippen LogP) is 5.05. The van der Waals surface area contributed by atoms with Gasteiger partial charge in [0.1, 0.15) is 19.3 Å². The molecule has 0 aromatic rings. The molecule has 0 heterocycles. The van der Waals surface area contributed by atoms with Crippen molar-refractivity contribution in [3.8, 4) is 0 Å². The lowest BCUT2D eigenvalue weighted by atomic mass is 10.0. The summed E-state index contributed by atoms with van der Waals surface area (Å²) in [5.41, 5.74) is 0. The molecule has 0 fully saturated rings. The van der Waals surface area contributed by atoms with E-state index in [1.165, 1.54) is 57.8 Å². The second kappa shape index (κ2) is 41.8. The molecule has 1 atom stereocenters. The Morgan fingerprint density at radius 2 is 0.845 bits per heavy atom. The number of carboxylic acids is 2. The van der Waals surface area contributed by atoms with Crippen LogP contribution in [0.4, 0.5) is 0 Å². The molecule has 0 aliphatic carbocycles. The molecule has 0 aliphatic rings. The number of hydrogen-bond acceptors (Lipinski definition) is 10. The number of carbonyl (C=O) groups excluding carboxylic acids is 4. The predicted molar refractivity (Wildman–Crippen MR) is 221 cm³/mol. The molecule has 0 saturated heterocycles. The van der Waals surface area contributed by atoms with E-state index in [4.69, 9.17) is 24.1 Å². The molecule has 0 rings (SSSR count). The smallest absolute Gasteiger partial charge is 0.326 e. The van der Waals surface area contributed by atoms with Crippen molar-refractivity contribution < 1.29 is 57.9 Å². The van der Waals surface area contributed by atoms with E-state index in [0.717, 1.165) is 57.8 Å². The van der Waals surface area contributed by atoms with Crippen LogP contribution in [-0.2, 0) is 47.7 Å². The number of ether oxygens (including phenoxy) is 4. The van der Waals surface area contributed by atoms with Crippen LogP contribution in [0.15, 0.2) is 0 Å². The van der Waals surface area contributed by atoms with Crippen molar-refractivity contribution in [1.82, 2.24) is 21.3 Å². The maximum Gasteiger partial charge on any atom is 0.326 e. The molecule has 0 bridgehead atoms. The van der Waals surface area contributed by atoms with Crippen molar-refractivity contribution in [2.75, 3.05) is 72.5 Å². The van der Waals surface area contributed by atoms with Crippen LogP contribution in [-0.4, -0.2) is 124 Å². The first-order valence-corrected chi connectivity index (χ1v) is 22.0. The summed E-state index contributed by atoms with van der Waals surface area (Å²) in [6.07, 6.45) is 21.5. The molecule has 1 unspecified atom stereocenters. The number of amides is 4. The molecule has 0 spiro atoms. The Morgan fingerprint density at radius 1 is 0.431 bits per heavy atom. The van der Waals surface area contributed by atoms with Gasteiger partial charge in [0, 0.05) is 38.9 Å². The molecule has 4 amide bonds. The summed E-state index contributed by atoms with van der Waals surface area (Å²) < 4.78 is 21.3. The van der Waals surface area contributed by atoms with Crippen molar-refractivity contribution >= 4 is 35.6 Å². The van der Waals surface area contributed by atoms with Gasteiger partial charge in [-0.25, -0.2) is 4.79 Å². The second-order valence-electron chi connectivity index (χ2n) is 14.6. The highest BCUT2D eigenvalue weighted by Crippen LogP contribution is 2.14. The van der Waals surface area contributed by atoms with Crippen LogP contribution >= 0.6 is 0 Å². The van der Waals surface area contributed by atoms with Crippen LogP contribution in [0.25, 0.3) is 0 Å². The summed E-state index contributed by atoms with van der Waals surface area (Å²) in [6.45, 7) is 4.65. The van der Waals surface area contributed by atoms with Gasteiger partial charge in [-0.05, 0) is 25.7 Å². The van der Waals surface area contributed by atoms with Crippen molar-refractivity contribution in [2.45, 2.75) is 161 Å². The Kier molecular flexibility index (Phi) is 39.4. The first kappa shape index (κ1) is 54.7. The summed E-state index contributed by atoms with van der Waals surface area (Å²) in [4.78, 5) is 70.1. The minimum Gasteiger partial charge on any atom is -0.481 e. The van der Waals surface area contributed by atoms with E-state index in [-0.39, 0.29) is 95.5 Å². The van der Waals surface area contributed by atoms with Gasteiger partial charge in [0.25, 0.3) is 0 Å². The Balaban J connectivity index is 3.63. The number of carboxylic acid groups (broad SMARTS) is 2. The molecule has 0 aromatic carbocycles. The fourth-order valence-corrected chi connectivity index (χ4v) is 5.92. The minimum absolute atomic E-state index is 0.00663. The number of carbonyl (C=O) groups is 6. The molecule has 338 valence electrons. The average molecular weight is 831 g/mol. The lowest BCUT2D eigenvalue weighted by Gasteiger charge is -2.14. The van der Waals surface area contributed by atoms with Crippen LogP contribution in [0.1, 0.15) is 155 Å².